The molecular weight excluding hydrogens is 360 g/mol. The SMILES string of the molecule is Cc1ccc(C=NNC(=O)COc2ccc(Cl)cc2Br)o1. The van der Waals surface area contributed by atoms with Crippen molar-refractivity contribution in [3.63, 3.8) is 0 Å². The maximum absolute atomic E-state index is 11.6. The highest BCUT2D eigenvalue weighted by molar-refractivity contribution is 9.10. The van der Waals surface area contributed by atoms with Gasteiger partial charge in [0.25, 0.3) is 5.91 Å². The number of hydrogen-bond acceptors (Lipinski definition) is 4. The molecule has 1 N–H and O–H groups in total. The lowest BCUT2D eigenvalue weighted by atomic mass is 10.3. The average Bonchev–Trinajstić information content (AvgIpc) is 2.83. The van der Waals surface area contributed by atoms with Crippen molar-refractivity contribution in [1.82, 2.24) is 5.43 Å². The highest BCUT2D eigenvalue weighted by atomic mass is 79.9. The molecule has 110 valence electrons. The molecule has 0 radical (unpaired) electrons. The Morgan fingerprint density at radius 1 is 1.48 bits per heavy atom. The number of amides is 1. The zero-order valence-corrected chi connectivity index (χ0v) is 13.4. The van der Waals surface area contributed by atoms with Gasteiger partial charge in [-0.3, -0.25) is 4.79 Å². The number of aryl methyl sites for hydroxylation is 1. The Labute approximate surface area is 135 Å². The largest absolute Gasteiger partial charge is 0.483 e. The highest BCUT2D eigenvalue weighted by Crippen LogP contribution is 2.27. The number of benzene rings is 1. The molecular formula is C14H12BrClN2O3. The van der Waals surface area contributed by atoms with Gasteiger partial charge < -0.3 is 9.15 Å². The Balaban J connectivity index is 1.81. The standard InChI is InChI=1S/C14H12BrClN2O3/c1-9-2-4-11(21-9)7-17-18-14(19)8-20-13-5-3-10(16)6-12(13)15/h2-7H,8H2,1H3,(H,18,19). The molecule has 5 nitrogen and oxygen atoms in total. The molecule has 0 saturated heterocycles. The van der Waals surface area contributed by atoms with Crippen molar-refractivity contribution in [3.8, 4) is 5.75 Å². The van der Waals surface area contributed by atoms with E-state index in [2.05, 4.69) is 26.5 Å². The summed E-state index contributed by atoms with van der Waals surface area (Å²) in [6.45, 7) is 1.67. The molecule has 0 unspecified atom stereocenters. The van der Waals surface area contributed by atoms with Gasteiger partial charge in [0.05, 0.1) is 10.7 Å². The fourth-order valence-corrected chi connectivity index (χ4v) is 2.26. The first-order valence-electron chi connectivity index (χ1n) is 6.01. The predicted octanol–water partition coefficient (Wildman–Crippen LogP) is 3.53. The lowest BCUT2D eigenvalue weighted by Gasteiger charge is -2.07. The van der Waals surface area contributed by atoms with Gasteiger partial charge in [0.15, 0.2) is 6.61 Å². The molecule has 7 heteroatoms. The second kappa shape index (κ2) is 7.28. The van der Waals surface area contributed by atoms with Crippen LogP contribution in [0.25, 0.3) is 0 Å². The van der Waals surface area contributed by atoms with Crippen LogP contribution < -0.4 is 10.2 Å². The van der Waals surface area contributed by atoms with E-state index in [1.54, 1.807) is 24.3 Å². The van der Waals surface area contributed by atoms with Gasteiger partial charge in [0.1, 0.15) is 17.3 Å². The smallest absolute Gasteiger partial charge is 0.277 e. The van der Waals surface area contributed by atoms with Gasteiger partial charge in [-0.05, 0) is 53.2 Å². The minimum Gasteiger partial charge on any atom is -0.483 e. The summed E-state index contributed by atoms with van der Waals surface area (Å²) in [5.41, 5.74) is 2.35. The monoisotopic (exact) mass is 370 g/mol. The zero-order valence-electron chi connectivity index (χ0n) is 11.1. The third kappa shape index (κ3) is 4.91. The highest BCUT2D eigenvalue weighted by Gasteiger charge is 2.05. The van der Waals surface area contributed by atoms with Gasteiger partial charge in [0.2, 0.25) is 0 Å². The van der Waals surface area contributed by atoms with Crippen molar-refractivity contribution in [1.29, 1.82) is 0 Å². The van der Waals surface area contributed by atoms with Crippen LogP contribution in [0.3, 0.4) is 0 Å². The lowest BCUT2D eigenvalue weighted by Crippen LogP contribution is -2.24. The fraction of sp³-hybridized carbons (Fsp3) is 0.143. The number of halogens is 2. The minimum atomic E-state index is -0.378. The molecule has 0 atom stereocenters. The second-order valence-electron chi connectivity index (χ2n) is 4.11. The van der Waals surface area contributed by atoms with Gasteiger partial charge in [-0.25, -0.2) is 5.43 Å². The number of carbonyl (C=O) groups is 1. The van der Waals surface area contributed by atoms with E-state index in [1.807, 2.05) is 13.0 Å². The Morgan fingerprint density at radius 3 is 2.95 bits per heavy atom. The molecule has 2 rings (SSSR count). The van der Waals surface area contributed by atoms with Crippen LogP contribution in [-0.4, -0.2) is 18.7 Å². The van der Waals surface area contributed by atoms with Crippen molar-refractivity contribution in [2.75, 3.05) is 6.61 Å². The Morgan fingerprint density at radius 2 is 2.29 bits per heavy atom. The molecule has 1 aromatic heterocycles. The van der Waals surface area contributed by atoms with Crippen LogP contribution in [0.4, 0.5) is 0 Å². The zero-order chi connectivity index (χ0) is 15.2. The molecule has 0 aliphatic heterocycles. The molecule has 1 heterocycles. The van der Waals surface area contributed by atoms with Gasteiger partial charge >= 0.3 is 0 Å². The van der Waals surface area contributed by atoms with Crippen LogP contribution in [0, 0.1) is 6.92 Å². The number of hydrazone groups is 1. The Kier molecular flexibility index (Phi) is 5.41. The summed E-state index contributed by atoms with van der Waals surface area (Å²) < 4.78 is 11.3. The number of nitrogens with zero attached hydrogens (tertiary/aromatic N) is 1. The molecule has 0 aliphatic rings. The first kappa shape index (κ1) is 15.6. The van der Waals surface area contributed by atoms with E-state index in [-0.39, 0.29) is 12.5 Å². The average molecular weight is 372 g/mol. The molecule has 21 heavy (non-hydrogen) atoms. The molecule has 0 saturated carbocycles. The van der Waals surface area contributed by atoms with Gasteiger partial charge in [-0.15, -0.1) is 0 Å². The maximum Gasteiger partial charge on any atom is 0.277 e. The van der Waals surface area contributed by atoms with E-state index in [9.17, 15) is 4.79 Å². The lowest BCUT2D eigenvalue weighted by molar-refractivity contribution is -0.123. The van der Waals surface area contributed by atoms with Crippen molar-refractivity contribution in [2.45, 2.75) is 6.92 Å². The Bertz CT molecular complexity index is 670. The maximum atomic E-state index is 11.6. The molecule has 2 aromatic rings. The van der Waals surface area contributed by atoms with E-state index >= 15 is 0 Å². The van der Waals surface area contributed by atoms with Crippen LogP contribution in [0.2, 0.25) is 5.02 Å². The van der Waals surface area contributed by atoms with Crippen LogP contribution in [0.5, 0.6) is 5.75 Å². The fourth-order valence-electron chi connectivity index (χ4n) is 1.46. The van der Waals surface area contributed by atoms with Crippen molar-refractivity contribution in [3.05, 3.63) is 51.3 Å². The van der Waals surface area contributed by atoms with E-state index in [0.29, 0.717) is 21.0 Å². The summed E-state index contributed by atoms with van der Waals surface area (Å²) in [7, 11) is 0. The summed E-state index contributed by atoms with van der Waals surface area (Å²) in [6.07, 6.45) is 1.42. The van der Waals surface area contributed by atoms with Gasteiger partial charge in [-0.1, -0.05) is 11.6 Å². The normalized spacial score (nSPS) is 10.8. The molecule has 0 aliphatic carbocycles. The first-order valence-corrected chi connectivity index (χ1v) is 7.18. The number of ether oxygens (including phenoxy) is 1. The van der Waals surface area contributed by atoms with E-state index in [4.69, 9.17) is 20.8 Å². The van der Waals surface area contributed by atoms with E-state index in [1.165, 1.54) is 6.21 Å². The minimum absolute atomic E-state index is 0.158. The van der Waals surface area contributed by atoms with Crippen molar-refractivity contribution >= 4 is 39.7 Å². The molecule has 1 aromatic carbocycles. The summed E-state index contributed by atoms with van der Waals surface area (Å²) in [5, 5.41) is 4.35. The number of carbonyl (C=O) groups excluding carboxylic acids is 1. The van der Waals surface area contributed by atoms with Gasteiger partial charge in [-0.2, -0.15) is 5.10 Å². The Hall–Kier alpha value is -1.79. The van der Waals surface area contributed by atoms with E-state index < -0.39 is 0 Å². The van der Waals surface area contributed by atoms with Gasteiger partial charge in [0, 0.05) is 5.02 Å². The predicted molar refractivity (Wildman–Crippen MR) is 83.8 cm³/mol. The first-order chi connectivity index (χ1) is 10.0. The van der Waals surface area contributed by atoms with Crippen molar-refractivity contribution < 1.29 is 13.9 Å². The number of hydrogen-bond donors (Lipinski definition) is 1. The summed E-state index contributed by atoms with van der Waals surface area (Å²) >= 11 is 9.11. The second-order valence-corrected chi connectivity index (χ2v) is 5.40. The van der Waals surface area contributed by atoms with Crippen LogP contribution >= 0.6 is 27.5 Å². The van der Waals surface area contributed by atoms with Crippen molar-refractivity contribution in [2.24, 2.45) is 5.10 Å². The molecule has 1 amide bonds. The molecule has 0 bridgehead atoms. The quantitative estimate of drug-likeness (QED) is 0.646. The van der Waals surface area contributed by atoms with Crippen LogP contribution in [0.15, 0.2) is 44.3 Å². The summed E-state index contributed by atoms with van der Waals surface area (Å²) in [5.74, 6) is 1.49. The number of nitrogens with one attached hydrogen (secondary N) is 1. The van der Waals surface area contributed by atoms with Crippen LogP contribution in [-0.2, 0) is 4.79 Å². The third-order valence-electron chi connectivity index (χ3n) is 2.39. The van der Waals surface area contributed by atoms with Crippen LogP contribution in [0.1, 0.15) is 11.5 Å². The number of rotatable bonds is 5. The summed E-state index contributed by atoms with van der Waals surface area (Å²) in [4.78, 5) is 11.6. The topological polar surface area (TPSA) is 63.8 Å². The van der Waals surface area contributed by atoms with E-state index in [0.717, 1.165) is 5.76 Å². The summed E-state index contributed by atoms with van der Waals surface area (Å²) in [6, 6.07) is 8.61. The molecule has 0 spiro atoms. The molecule has 0 fully saturated rings. The third-order valence-corrected chi connectivity index (χ3v) is 3.25. The number of furan rings is 1.